The molecule has 4 rings (SSSR count). The van der Waals surface area contributed by atoms with Crippen LogP contribution in [0.4, 0.5) is 0 Å². The number of carbonyl (C=O) groups excluding carboxylic acids is 3. The van der Waals surface area contributed by atoms with Crippen molar-refractivity contribution >= 4 is 35.6 Å². The Labute approximate surface area is 182 Å². The molecule has 0 radical (unpaired) electrons. The van der Waals surface area contributed by atoms with E-state index in [2.05, 4.69) is 0 Å². The van der Waals surface area contributed by atoms with Gasteiger partial charge in [-0.25, -0.2) is 9.59 Å². The first-order valence-electron chi connectivity index (χ1n) is 9.61. The summed E-state index contributed by atoms with van der Waals surface area (Å²) in [5.41, 5.74) is 1.65. The van der Waals surface area contributed by atoms with Crippen molar-refractivity contribution in [2.45, 2.75) is 11.8 Å². The van der Waals surface area contributed by atoms with Gasteiger partial charge in [0.15, 0.2) is 6.61 Å². The van der Waals surface area contributed by atoms with E-state index in [1.165, 1.54) is 11.8 Å². The van der Waals surface area contributed by atoms with Crippen LogP contribution in [0.15, 0.2) is 74.9 Å². The fourth-order valence-electron chi connectivity index (χ4n) is 3.06. The predicted molar refractivity (Wildman–Crippen MR) is 116 cm³/mol. The van der Waals surface area contributed by atoms with Crippen LogP contribution in [0.3, 0.4) is 0 Å². The van der Waals surface area contributed by atoms with Gasteiger partial charge in [-0.15, -0.1) is 0 Å². The molecule has 0 N–H and O–H groups in total. The Bertz CT molecular complexity index is 1190. The van der Waals surface area contributed by atoms with Crippen molar-refractivity contribution in [3.63, 3.8) is 0 Å². The smallest absolute Gasteiger partial charge is 0.344 e. The predicted octanol–water partition coefficient (Wildman–Crippen LogP) is 5.00. The van der Waals surface area contributed by atoms with Crippen molar-refractivity contribution in [3.05, 3.63) is 82.5 Å². The van der Waals surface area contributed by atoms with Crippen LogP contribution in [0.1, 0.15) is 33.4 Å². The Kier molecular flexibility index (Phi) is 6.04. The number of furan rings is 1. The van der Waals surface area contributed by atoms with E-state index in [1.807, 2.05) is 24.3 Å². The van der Waals surface area contributed by atoms with Gasteiger partial charge in [-0.05, 0) is 49.4 Å². The standard InChI is InChI=1S/C24H18O6S/c1-2-28-22(25)14-29-24(27)16-7-5-6-15(12-16)19-11-10-17(30-19)13-21-23(26)18-8-3-4-9-20(18)31-21/h3-13H,2,14H2,1H3/b21-13-. The second-order valence-corrected chi connectivity index (χ2v) is 7.68. The maximum absolute atomic E-state index is 12.5. The van der Waals surface area contributed by atoms with Crippen LogP contribution in [-0.4, -0.2) is 30.9 Å². The van der Waals surface area contributed by atoms with Crippen molar-refractivity contribution in [2.24, 2.45) is 0 Å². The van der Waals surface area contributed by atoms with Crippen LogP contribution in [-0.2, 0) is 14.3 Å². The average Bonchev–Trinajstić information content (AvgIpc) is 3.38. The van der Waals surface area contributed by atoms with Gasteiger partial charge in [-0.3, -0.25) is 4.79 Å². The fourth-order valence-corrected chi connectivity index (χ4v) is 4.09. The zero-order valence-corrected chi connectivity index (χ0v) is 17.4. The van der Waals surface area contributed by atoms with E-state index in [-0.39, 0.29) is 18.0 Å². The van der Waals surface area contributed by atoms with Crippen LogP contribution in [0, 0.1) is 0 Å². The lowest BCUT2D eigenvalue weighted by molar-refractivity contribution is -0.146. The molecule has 2 heterocycles. The second kappa shape index (κ2) is 9.06. The van der Waals surface area contributed by atoms with Gasteiger partial charge in [0.25, 0.3) is 0 Å². The van der Waals surface area contributed by atoms with Crippen LogP contribution in [0.25, 0.3) is 17.4 Å². The number of ketones is 1. The number of allylic oxidation sites excluding steroid dienone is 1. The molecule has 6 nitrogen and oxygen atoms in total. The SMILES string of the molecule is CCOC(=O)COC(=O)c1cccc(-c2ccc(/C=C3\Sc4ccccc4C3=O)o2)c1. The number of rotatable bonds is 6. The van der Waals surface area contributed by atoms with Gasteiger partial charge in [0.05, 0.1) is 17.1 Å². The molecule has 1 aliphatic heterocycles. The van der Waals surface area contributed by atoms with Crippen molar-refractivity contribution in [2.75, 3.05) is 13.2 Å². The lowest BCUT2D eigenvalue weighted by atomic mass is 10.1. The molecule has 0 unspecified atom stereocenters. The van der Waals surface area contributed by atoms with Crippen LogP contribution in [0.2, 0.25) is 0 Å². The van der Waals surface area contributed by atoms with Crippen molar-refractivity contribution in [1.29, 1.82) is 0 Å². The number of esters is 2. The summed E-state index contributed by atoms with van der Waals surface area (Å²) in [7, 11) is 0. The number of fused-ring (bicyclic) bond motifs is 1. The molecular formula is C24H18O6S. The van der Waals surface area contributed by atoms with Gasteiger partial charge in [0.2, 0.25) is 5.78 Å². The summed E-state index contributed by atoms with van der Waals surface area (Å²) in [6.45, 7) is 1.46. The highest BCUT2D eigenvalue weighted by Gasteiger charge is 2.25. The van der Waals surface area contributed by atoms with Crippen molar-refractivity contribution in [1.82, 2.24) is 0 Å². The minimum Gasteiger partial charge on any atom is -0.463 e. The number of Topliss-reactive ketones (excluding diaryl/α,β-unsaturated/α-hetero) is 1. The molecular weight excluding hydrogens is 416 g/mol. The van der Waals surface area contributed by atoms with Crippen LogP contribution >= 0.6 is 11.8 Å². The Morgan fingerprint density at radius 2 is 1.87 bits per heavy atom. The summed E-state index contributed by atoms with van der Waals surface area (Å²) in [5.74, 6) is -0.176. The maximum Gasteiger partial charge on any atom is 0.344 e. The maximum atomic E-state index is 12.5. The third-order valence-electron chi connectivity index (χ3n) is 4.48. The molecule has 0 saturated carbocycles. The Morgan fingerprint density at radius 1 is 1.03 bits per heavy atom. The zero-order valence-electron chi connectivity index (χ0n) is 16.6. The second-order valence-electron chi connectivity index (χ2n) is 6.60. The third kappa shape index (κ3) is 4.62. The van der Waals surface area contributed by atoms with E-state index >= 15 is 0 Å². The van der Waals surface area contributed by atoms with Gasteiger partial charge in [-0.1, -0.05) is 36.0 Å². The molecule has 3 aromatic rings. The average molecular weight is 434 g/mol. The normalized spacial score (nSPS) is 13.8. The molecule has 0 atom stereocenters. The number of ether oxygens (including phenoxy) is 2. The fraction of sp³-hybridized carbons (Fsp3) is 0.125. The molecule has 0 bridgehead atoms. The number of thioether (sulfide) groups is 1. The zero-order chi connectivity index (χ0) is 21.8. The topological polar surface area (TPSA) is 82.8 Å². The number of hydrogen-bond donors (Lipinski definition) is 0. The third-order valence-corrected chi connectivity index (χ3v) is 5.58. The quantitative estimate of drug-likeness (QED) is 0.399. The summed E-state index contributed by atoms with van der Waals surface area (Å²) in [4.78, 5) is 37.6. The Morgan fingerprint density at radius 3 is 2.68 bits per heavy atom. The van der Waals surface area contributed by atoms with Crippen molar-refractivity contribution in [3.8, 4) is 11.3 Å². The van der Waals surface area contributed by atoms with E-state index in [1.54, 1.807) is 49.4 Å². The molecule has 0 fully saturated rings. The summed E-state index contributed by atoms with van der Waals surface area (Å²) >= 11 is 1.41. The molecule has 0 saturated heterocycles. The van der Waals surface area contributed by atoms with Gasteiger partial charge >= 0.3 is 11.9 Å². The van der Waals surface area contributed by atoms with E-state index in [4.69, 9.17) is 13.9 Å². The molecule has 2 aromatic carbocycles. The van der Waals surface area contributed by atoms with E-state index in [0.29, 0.717) is 27.6 Å². The lowest BCUT2D eigenvalue weighted by Crippen LogP contribution is -2.16. The number of hydrogen-bond acceptors (Lipinski definition) is 7. The highest BCUT2D eigenvalue weighted by atomic mass is 32.2. The van der Waals surface area contributed by atoms with Gasteiger partial charge < -0.3 is 13.9 Å². The van der Waals surface area contributed by atoms with Gasteiger partial charge in [0, 0.05) is 16.0 Å². The largest absolute Gasteiger partial charge is 0.463 e. The lowest BCUT2D eigenvalue weighted by Gasteiger charge is -2.05. The number of carbonyl (C=O) groups is 3. The Hall–Kier alpha value is -3.58. The van der Waals surface area contributed by atoms with Crippen LogP contribution < -0.4 is 0 Å². The van der Waals surface area contributed by atoms with E-state index in [9.17, 15) is 14.4 Å². The first kappa shape index (κ1) is 20.7. The molecule has 0 amide bonds. The summed E-state index contributed by atoms with van der Waals surface area (Å²) in [6.07, 6.45) is 1.72. The summed E-state index contributed by atoms with van der Waals surface area (Å²) in [6, 6.07) is 17.7. The van der Waals surface area contributed by atoms with E-state index in [0.717, 1.165) is 4.90 Å². The highest BCUT2D eigenvalue weighted by molar-refractivity contribution is 8.04. The van der Waals surface area contributed by atoms with E-state index < -0.39 is 18.5 Å². The summed E-state index contributed by atoms with van der Waals surface area (Å²) < 4.78 is 15.6. The molecule has 1 aromatic heterocycles. The highest BCUT2D eigenvalue weighted by Crippen LogP contribution is 2.40. The molecule has 1 aliphatic rings. The van der Waals surface area contributed by atoms with Crippen LogP contribution in [0.5, 0.6) is 0 Å². The first-order chi connectivity index (χ1) is 15.0. The first-order valence-corrected chi connectivity index (χ1v) is 10.4. The monoisotopic (exact) mass is 434 g/mol. The van der Waals surface area contributed by atoms with Crippen molar-refractivity contribution < 1.29 is 28.3 Å². The number of benzene rings is 2. The Balaban J connectivity index is 1.49. The molecule has 7 heteroatoms. The molecule has 31 heavy (non-hydrogen) atoms. The summed E-state index contributed by atoms with van der Waals surface area (Å²) in [5, 5.41) is 0. The minimum absolute atomic E-state index is 0.0232. The van der Waals surface area contributed by atoms with Gasteiger partial charge in [-0.2, -0.15) is 0 Å². The molecule has 0 aliphatic carbocycles. The molecule has 0 spiro atoms. The minimum atomic E-state index is -0.630. The molecule has 156 valence electrons. The van der Waals surface area contributed by atoms with Gasteiger partial charge in [0.1, 0.15) is 11.5 Å².